The van der Waals surface area contributed by atoms with Crippen LogP contribution in [0.15, 0.2) is 18.2 Å². The summed E-state index contributed by atoms with van der Waals surface area (Å²) in [6.07, 6.45) is 0. The van der Waals surface area contributed by atoms with E-state index in [1.165, 1.54) is 0 Å². The third-order valence-electron chi connectivity index (χ3n) is 2.08. The van der Waals surface area contributed by atoms with Crippen molar-refractivity contribution in [2.24, 2.45) is 5.73 Å². The van der Waals surface area contributed by atoms with Crippen molar-refractivity contribution in [1.82, 2.24) is 0 Å². The summed E-state index contributed by atoms with van der Waals surface area (Å²) < 4.78 is 0. The van der Waals surface area contributed by atoms with Gasteiger partial charge in [-0.1, -0.05) is 17.7 Å². The number of fused-ring (bicyclic) bond motifs is 1. The monoisotopic (exact) mass is 162 g/mol. The molecule has 12 heavy (non-hydrogen) atoms. The lowest BCUT2D eigenvalue weighted by atomic mass is 10.1. The average Bonchev–Trinajstić information content (AvgIpc) is 2.31. The molecular weight excluding hydrogens is 152 g/mol. The number of benzene rings is 1. The molecule has 0 unspecified atom stereocenters. The Morgan fingerprint density at radius 2 is 2.25 bits per heavy atom. The van der Waals surface area contributed by atoms with E-state index in [9.17, 15) is 4.79 Å². The molecule has 0 radical (unpaired) electrons. The highest BCUT2D eigenvalue weighted by atomic mass is 16.2. The molecule has 62 valence electrons. The maximum Gasteiger partial charge on any atom is 0.245 e. The molecule has 1 aromatic carbocycles. The number of carbonyl (C=O) groups is 1. The van der Waals surface area contributed by atoms with Gasteiger partial charge < -0.3 is 11.1 Å². The molecule has 0 aliphatic carbocycles. The van der Waals surface area contributed by atoms with Gasteiger partial charge in [0.05, 0.1) is 0 Å². The Balaban J connectivity index is 2.55. The smallest absolute Gasteiger partial charge is 0.245 e. The van der Waals surface area contributed by atoms with Gasteiger partial charge in [-0.05, 0) is 13.0 Å². The molecule has 2 rings (SSSR count). The van der Waals surface area contributed by atoms with Crippen LogP contribution < -0.4 is 11.1 Å². The standard InChI is InChI=1S/C9H10N2O/c1-5-2-3-7-6(4-5)8(10)9(12)11-7/h2-4,8H,10H2,1H3,(H,11,12)/t8-/m1/s1. The maximum absolute atomic E-state index is 11.1. The molecular formula is C9H10N2O. The van der Waals surface area contributed by atoms with Crippen LogP contribution in [0.4, 0.5) is 5.69 Å². The number of aryl methyl sites for hydroxylation is 1. The zero-order valence-electron chi connectivity index (χ0n) is 6.79. The molecule has 3 nitrogen and oxygen atoms in total. The molecule has 1 atom stereocenters. The van der Waals surface area contributed by atoms with Gasteiger partial charge in [0.2, 0.25) is 5.91 Å². The molecule has 1 heterocycles. The van der Waals surface area contributed by atoms with Crippen LogP contribution >= 0.6 is 0 Å². The molecule has 1 aromatic rings. The molecule has 0 saturated heterocycles. The average molecular weight is 162 g/mol. The van der Waals surface area contributed by atoms with Crippen molar-refractivity contribution >= 4 is 11.6 Å². The maximum atomic E-state index is 11.1. The molecule has 0 bridgehead atoms. The van der Waals surface area contributed by atoms with E-state index in [1.807, 2.05) is 25.1 Å². The summed E-state index contributed by atoms with van der Waals surface area (Å²) in [4.78, 5) is 11.1. The lowest BCUT2D eigenvalue weighted by Gasteiger charge is -2.01. The summed E-state index contributed by atoms with van der Waals surface area (Å²) in [6, 6.07) is 5.30. The molecule has 0 fully saturated rings. The van der Waals surface area contributed by atoms with Crippen LogP contribution in [0.3, 0.4) is 0 Å². The van der Waals surface area contributed by atoms with Crippen molar-refractivity contribution in [3.8, 4) is 0 Å². The predicted molar refractivity (Wildman–Crippen MR) is 46.7 cm³/mol. The van der Waals surface area contributed by atoms with Crippen LogP contribution in [0, 0.1) is 6.92 Å². The van der Waals surface area contributed by atoms with Crippen molar-refractivity contribution in [2.45, 2.75) is 13.0 Å². The van der Waals surface area contributed by atoms with Gasteiger partial charge in [-0.3, -0.25) is 4.79 Å². The first-order chi connectivity index (χ1) is 5.68. The van der Waals surface area contributed by atoms with Crippen LogP contribution in [0.2, 0.25) is 0 Å². The molecule has 0 spiro atoms. The fourth-order valence-corrected chi connectivity index (χ4v) is 1.41. The molecule has 1 aliphatic heterocycles. The van der Waals surface area contributed by atoms with E-state index in [4.69, 9.17) is 5.73 Å². The zero-order chi connectivity index (χ0) is 8.72. The van der Waals surface area contributed by atoms with Crippen LogP contribution in [-0.4, -0.2) is 5.91 Å². The van der Waals surface area contributed by atoms with Crippen LogP contribution in [0.1, 0.15) is 17.2 Å². The number of nitrogens with one attached hydrogen (secondary N) is 1. The van der Waals surface area contributed by atoms with Gasteiger partial charge in [0.15, 0.2) is 0 Å². The summed E-state index contributed by atoms with van der Waals surface area (Å²) in [5, 5.41) is 2.71. The molecule has 1 aliphatic rings. The number of anilines is 1. The van der Waals surface area contributed by atoms with Gasteiger partial charge in [-0.25, -0.2) is 0 Å². The number of amides is 1. The van der Waals surface area contributed by atoms with E-state index in [0.29, 0.717) is 0 Å². The van der Waals surface area contributed by atoms with Crippen molar-refractivity contribution in [2.75, 3.05) is 5.32 Å². The fourth-order valence-electron chi connectivity index (χ4n) is 1.41. The van der Waals surface area contributed by atoms with Crippen molar-refractivity contribution in [3.05, 3.63) is 29.3 Å². The van der Waals surface area contributed by atoms with Crippen molar-refractivity contribution in [3.63, 3.8) is 0 Å². The van der Waals surface area contributed by atoms with Crippen LogP contribution in [-0.2, 0) is 4.79 Å². The Morgan fingerprint density at radius 3 is 3.00 bits per heavy atom. The van der Waals surface area contributed by atoms with Crippen molar-refractivity contribution in [1.29, 1.82) is 0 Å². The highest BCUT2D eigenvalue weighted by Crippen LogP contribution is 2.29. The first-order valence-electron chi connectivity index (χ1n) is 3.85. The van der Waals surface area contributed by atoms with Gasteiger partial charge in [0, 0.05) is 11.3 Å². The van der Waals surface area contributed by atoms with Gasteiger partial charge in [-0.15, -0.1) is 0 Å². The predicted octanol–water partition coefficient (Wildman–Crippen LogP) is 0.947. The quantitative estimate of drug-likeness (QED) is 0.596. The lowest BCUT2D eigenvalue weighted by Crippen LogP contribution is -2.19. The third-order valence-corrected chi connectivity index (χ3v) is 2.08. The Morgan fingerprint density at radius 1 is 1.50 bits per heavy atom. The summed E-state index contributed by atoms with van der Waals surface area (Å²) in [5.41, 5.74) is 8.52. The molecule has 3 N–H and O–H groups in total. The fraction of sp³-hybridized carbons (Fsp3) is 0.222. The SMILES string of the molecule is Cc1ccc2c(c1)[C@@H](N)C(=O)N2. The highest BCUT2D eigenvalue weighted by molar-refractivity contribution is 6.02. The minimum atomic E-state index is -0.486. The Labute approximate surface area is 70.6 Å². The van der Waals surface area contributed by atoms with Gasteiger partial charge in [-0.2, -0.15) is 0 Å². The molecule has 1 amide bonds. The van der Waals surface area contributed by atoms with E-state index in [0.717, 1.165) is 16.8 Å². The Hall–Kier alpha value is -1.35. The second kappa shape index (κ2) is 2.32. The minimum absolute atomic E-state index is 0.115. The van der Waals surface area contributed by atoms with Gasteiger partial charge >= 0.3 is 0 Å². The molecule has 0 aromatic heterocycles. The van der Waals surface area contributed by atoms with Crippen LogP contribution in [0.25, 0.3) is 0 Å². The second-order valence-electron chi connectivity index (χ2n) is 3.06. The number of hydrogen-bond donors (Lipinski definition) is 2. The van der Waals surface area contributed by atoms with E-state index in [2.05, 4.69) is 5.32 Å². The Bertz CT molecular complexity index is 346. The number of carbonyl (C=O) groups excluding carboxylic acids is 1. The summed E-state index contributed by atoms with van der Waals surface area (Å²) in [5.74, 6) is -0.115. The molecule has 3 heteroatoms. The minimum Gasteiger partial charge on any atom is -0.324 e. The topological polar surface area (TPSA) is 55.1 Å². The largest absolute Gasteiger partial charge is 0.324 e. The Kier molecular flexibility index (Phi) is 1.41. The van der Waals surface area contributed by atoms with E-state index in [-0.39, 0.29) is 5.91 Å². The van der Waals surface area contributed by atoms with E-state index >= 15 is 0 Å². The summed E-state index contributed by atoms with van der Waals surface area (Å²) in [6.45, 7) is 1.98. The number of nitrogens with two attached hydrogens (primary N) is 1. The van der Waals surface area contributed by atoms with E-state index < -0.39 is 6.04 Å². The zero-order valence-corrected chi connectivity index (χ0v) is 6.79. The summed E-state index contributed by atoms with van der Waals surface area (Å²) in [7, 11) is 0. The number of hydrogen-bond acceptors (Lipinski definition) is 2. The first-order valence-corrected chi connectivity index (χ1v) is 3.85. The number of rotatable bonds is 0. The summed E-state index contributed by atoms with van der Waals surface area (Å²) >= 11 is 0. The van der Waals surface area contributed by atoms with Gasteiger partial charge in [0.1, 0.15) is 6.04 Å². The highest BCUT2D eigenvalue weighted by Gasteiger charge is 2.26. The first kappa shape index (κ1) is 7.31. The second-order valence-corrected chi connectivity index (χ2v) is 3.06. The molecule has 0 saturated carbocycles. The third kappa shape index (κ3) is 0.905. The normalized spacial score (nSPS) is 20.5. The van der Waals surface area contributed by atoms with Crippen LogP contribution in [0.5, 0.6) is 0 Å². The van der Waals surface area contributed by atoms with Crippen molar-refractivity contribution < 1.29 is 4.79 Å². The lowest BCUT2D eigenvalue weighted by molar-refractivity contribution is -0.116. The van der Waals surface area contributed by atoms with Gasteiger partial charge in [0.25, 0.3) is 0 Å². The van der Waals surface area contributed by atoms with E-state index in [1.54, 1.807) is 0 Å².